The van der Waals surface area contributed by atoms with E-state index in [0.717, 1.165) is 32.6 Å². The van der Waals surface area contributed by atoms with Crippen molar-refractivity contribution in [1.29, 1.82) is 5.26 Å². The van der Waals surface area contributed by atoms with Gasteiger partial charge in [-0.2, -0.15) is 5.26 Å². The molecule has 1 saturated heterocycles. The molecule has 0 amide bonds. The number of para-hydroxylation sites is 1. The van der Waals surface area contributed by atoms with Gasteiger partial charge in [0.05, 0.1) is 11.8 Å². The molecule has 0 radical (unpaired) electrons. The van der Waals surface area contributed by atoms with E-state index >= 15 is 0 Å². The summed E-state index contributed by atoms with van der Waals surface area (Å²) in [6.45, 7) is 5.74. The van der Waals surface area contributed by atoms with Crippen LogP contribution < -0.4 is 4.90 Å². The number of nitriles is 1. The molecule has 0 unspecified atom stereocenters. The van der Waals surface area contributed by atoms with E-state index in [0.29, 0.717) is 18.2 Å². The fourth-order valence-electron chi connectivity index (χ4n) is 2.62. The number of anilines is 1. The van der Waals surface area contributed by atoms with E-state index in [4.69, 9.17) is 5.26 Å². The average molecular weight is 261 g/mol. The van der Waals surface area contributed by atoms with E-state index in [2.05, 4.69) is 22.8 Å². The lowest BCUT2D eigenvalue weighted by Gasteiger charge is -2.41. The van der Waals surface area contributed by atoms with Crippen LogP contribution in [-0.4, -0.2) is 37.1 Å². The summed E-state index contributed by atoms with van der Waals surface area (Å²) in [5, 5.41) is 8.56. The van der Waals surface area contributed by atoms with Crippen LogP contribution in [0.15, 0.2) is 24.3 Å². The Hall–Kier alpha value is -1.60. The summed E-state index contributed by atoms with van der Waals surface area (Å²) in [5.74, 6) is -0.146. The van der Waals surface area contributed by atoms with Gasteiger partial charge in [0, 0.05) is 32.1 Å². The minimum Gasteiger partial charge on any atom is -0.366 e. The Morgan fingerprint density at radius 3 is 2.84 bits per heavy atom. The summed E-state index contributed by atoms with van der Waals surface area (Å²) in [4.78, 5) is 4.50. The van der Waals surface area contributed by atoms with Crippen LogP contribution in [0.4, 0.5) is 10.1 Å². The molecule has 0 bridgehead atoms. The predicted octanol–water partition coefficient (Wildman–Crippen LogP) is 2.64. The average Bonchev–Trinajstić information content (AvgIpc) is 2.41. The number of nitrogens with zero attached hydrogens (tertiary/aromatic N) is 3. The van der Waals surface area contributed by atoms with Crippen LogP contribution in [-0.2, 0) is 0 Å². The van der Waals surface area contributed by atoms with Crippen molar-refractivity contribution in [3.05, 3.63) is 30.1 Å². The molecule has 0 aliphatic carbocycles. The lowest BCUT2D eigenvalue weighted by atomic mass is 10.1. The first-order chi connectivity index (χ1) is 9.22. The summed E-state index contributed by atoms with van der Waals surface area (Å²) in [6.07, 6.45) is 1.53. The van der Waals surface area contributed by atoms with E-state index in [1.807, 2.05) is 12.1 Å². The quantitative estimate of drug-likeness (QED) is 0.781. The zero-order chi connectivity index (χ0) is 13.7. The lowest BCUT2D eigenvalue weighted by molar-refractivity contribution is 0.187. The molecular weight excluding hydrogens is 241 g/mol. The number of hydrogen-bond acceptors (Lipinski definition) is 3. The van der Waals surface area contributed by atoms with Crippen molar-refractivity contribution in [3.8, 4) is 6.07 Å². The highest BCUT2D eigenvalue weighted by molar-refractivity contribution is 5.48. The summed E-state index contributed by atoms with van der Waals surface area (Å²) in [6, 6.07) is 9.53. The van der Waals surface area contributed by atoms with Gasteiger partial charge in [0.1, 0.15) is 5.82 Å². The van der Waals surface area contributed by atoms with Crippen molar-refractivity contribution in [2.75, 3.05) is 31.1 Å². The molecule has 1 aromatic carbocycles. The fraction of sp³-hybridized carbons (Fsp3) is 0.533. The molecule has 1 heterocycles. The maximum atomic E-state index is 13.8. The monoisotopic (exact) mass is 261 g/mol. The third kappa shape index (κ3) is 3.45. The fourth-order valence-corrected chi connectivity index (χ4v) is 2.62. The molecule has 1 fully saturated rings. The smallest absolute Gasteiger partial charge is 0.146 e. The van der Waals surface area contributed by atoms with Crippen LogP contribution in [0.1, 0.15) is 19.8 Å². The maximum absolute atomic E-state index is 13.8. The van der Waals surface area contributed by atoms with Gasteiger partial charge in [-0.3, -0.25) is 4.90 Å². The second-order valence-corrected chi connectivity index (χ2v) is 5.04. The van der Waals surface area contributed by atoms with Crippen molar-refractivity contribution >= 4 is 5.69 Å². The SMILES string of the molecule is C[C@H]1CN(c2ccccc2F)CCN1CCCC#N. The van der Waals surface area contributed by atoms with Crippen molar-refractivity contribution < 1.29 is 4.39 Å². The molecule has 1 aromatic rings. The molecule has 4 heteroatoms. The molecule has 3 nitrogen and oxygen atoms in total. The topological polar surface area (TPSA) is 30.3 Å². The summed E-state index contributed by atoms with van der Waals surface area (Å²) in [5.41, 5.74) is 0.700. The normalized spacial score (nSPS) is 20.3. The van der Waals surface area contributed by atoms with Crippen molar-refractivity contribution in [1.82, 2.24) is 4.90 Å². The Balaban J connectivity index is 1.93. The Bertz CT molecular complexity index is 455. The number of hydrogen-bond donors (Lipinski definition) is 0. The molecule has 0 aromatic heterocycles. The molecule has 0 saturated carbocycles. The van der Waals surface area contributed by atoms with Crippen LogP contribution in [0.25, 0.3) is 0 Å². The first kappa shape index (κ1) is 13.8. The van der Waals surface area contributed by atoms with Crippen molar-refractivity contribution in [2.45, 2.75) is 25.8 Å². The molecule has 2 rings (SSSR count). The lowest BCUT2D eigenvalue weighted by Crippen LogP contribution is -2.52. The van der Waals surface area contributed by atoms with E-state index in [1.54, 1.807) is 6.07 Å². The van der Waals surface area contributed by atoms with Crippen LogP contribution in [0, 0.1) is 17.1 Å². The zero-order valence-corrected chi connectivity index (χ0v) is 11.3. The molecule has 102 valence electrons. The third-order valence-electron chi connectivity index (χ3n) is 3.69. The second kappa shape index (κ2) is 6.53. The molecule has 0 N–H and O–H groups in total. The van der Waals surface area contributed by atoms with Crippen molar-refractivity contribution in [2.24, 2.45) is 0 Å². The first-order valence-corrected chi connectivity index (χ1v) is 6.83. The Morgan fingerprint density at radius 1 is 1.37 bits per heavy atom. The number of piperazine rings is 1. The van der Waals surface area contributed by atoms with Crippen LogP contribution in [0.2, 0.25) is 0 Å². The Morgan fingerprint density at radius 2 is 2.16 bits per heavy atom. The van der Waals surface area contributed by atoms with E-state index < -0.39 is 0 Å². The summed E-state index contributed by atoms with van der Waals surface area (Å²) in [7, 11) is 0. The van der Waals surface area contributed by atoms with Gasteiger partial charge in [-0.15, -0.1) is 0 Å². The van der Waals surface area contributed by atoms with Crippen molar-refractivity contribution in [3.63, 3.8) is 0 Å². The van der Waals surface area contributed by atoms with Gasteiger partial charge in [-0.1, -0.05) is 12.1 Å². The highest BCUT2D eigenvalue weighted by Crippen LogP contribution is 2.22. The Kier molecular flexibility index (Phi) is 4.75. The van der Waals surface area contributed by atoms with Gasteiger partial charge in [-0.05, 0) is 32.0 Å². The minimum atomic E-state index is -0.146. The predicted molar refractivity (Wildman–Crippen MR) is 74.5 cm³/mol. The van der Waals surface area contributed by atoms with Gasteiger partial charge in [-0.25, -0.2) is 4.39 Å². The molecule has 1 aliphatic heterocycles. The van der Waals surface area contributed by atoms with E-state index in [-0.39, 0.29) is 5.82 Å². The third-order valence-corrected chi connectivity index (χ3v) is 3.69. The van der Waals surface area contributed by atoms with Gasteiger partial charge in [0.25, 0.3) is 0 Å². The summed E-state index contributed by atoms with van der Waals surface area (Å²) >= 11 is 0. The van der Waals surface area contributed by atoms with Gasteiger partial charge >= 0.3 is 0 Å². The summed E-state index contributed by atoms with van der Waals surface area (Å²) < 4.78 is 13.8. The van der Waals surface area contributed by atoms with Gasteiger partial charge in [0.15, 0.2) is 0 Å². The van der Waals surface area contributed by atoms with Gasteiger partial charge in [0.2, 0.25) is 0 Å². The van der Waals surface area contributed by atoms with E-state index in [1.165, 1.54) is 6.07 Å². The molecule has 19 heavy (non-hydrogen) atoms. The largest absolute Gasteiger partial charge is 0.366 e. The molecule has 1 aliphatic rings. The number of unbranched alkanes of at least 4 members (excludes halogenated alkanes) is 1. The second-order valence-electron chi connectivity index (χ2n) is 5.04. The molecule has 1 atom stereocenters. The highest BCUT2D eigenvalue weighted by Gasteiger charge is 2.24. The van der Waals surface area contributed by atoms with Gasteiger partial charge < -0.3 is 4.90 Å². The minimum absolute atomic E-state index is 0.146. The highest BCUT2D eigenvalue weighted by atomic mass is 19.1. The standard InChI is InChI=1S/C15H20FN3/c1-13-12-19(15-7-3-2-6-14(15)16)11-10-18(13)9-5-4-8-17/h2-3,6-7,13H,4-5,9-12H2,1H3/t13-/m0/s1. The number of halogens is 1. The molecular formula is C15H20FN3. The first-order valence-electron chi connectivity index (χ1n) is 6.83. The van der Waals surface area contributed by atoms with Crippen LogP contribution in [0.3, 0.4) is 0 Å². The number of rotatable bonds is 4. The van der Waals surface area contributed by atoms with E-state index in [9.17, 15) is 4.39 Å². The molecule has 0 spiro atoms. The Labute approximate surface area is 114 Å². The number of benzene rings is 1. The van der Waals surface area contributed by atoms with Crippen LogP contribution >= 0.6 is 0 Å². The van der Waals surface area contributed by atoms with Crippen LogP contribution in [0.5, 0.6) is 0 Å². The maximum Gasteiger partial charge on any atom is 0.146 e. The zero-order valence-electron chi connectivity index (χ0n) is 11.3.